The van der Waals surface area contributed by atoms with Crippen molar-refractivity contribution in [2.75, 3.05) is 0 Å². The van der Waals surface area contributed by atoms with Gasteiger partial charge < -0.3 is 9.30 Å². The topological polar surface area (TPSA) is 72.4 Å². The minimum absolute atomic E-state index is 0.114. The number of aromatic nitrogens is 1. The fourth-order valence-corrected chi connectivity index (χ4v) is 2.86. The quantitative estimate of drug-likeness (QED) is 0.660. The minimum atomic E-state index is -0.681. The zero-order valence-electron chi connectivity index (χ0n) is 15.4. The zero-order chi connectivity index (χ0) is 19.2. The fourth-order valence-electron chi connectivity index (χ4n) is 2.86. The van der Waals surface area contributed by atoms with E-state index in [0.29, 0.717) is 12.2 Å². The van der Waals surface area contributed by atoms with Gasteiger partial charge in [-0.1, -0.05) is 37.3 Å². The second kappa shape index (κ2) is 8.40. The summed E-state index contributed by atoms with van der Waals surface area (Å²) in [6.07, 6.45) is 1.65. The molecule has 2 amide bonds. The van der Waals surface area contributed by atoms with Gasteiger partial charge in [0, 0.05) is 11.7 Å². The van der Waals surface area contributed by atoms with Crippen LogP contribution in [0.5, 0.6) is 5.75 Å². The molecule has 6 heteroatoms. The molecule has 0 aliphatic carbocycles. The number of aryl methyl sites for hydroxylation is 1. The highest BCUT2D eigenvalue weighted by molar-refractivity contribution is 5.86. The number of carbonyl (C=O) groups excluding carboxylic acids is 2. The molecule has 1 heterocycles. The van der Waals surface area contributed by atoms with Crippen molar-refractivity contribution < 1.29 is 14.3 Å². The number of nitrogens with zero attached hydrogens (tertiary/aromatic N) is 1. The average molecular weight is 365 g/mol. The Bertz CT molecular complexity index is 949. The normalized spacial score (nSPS) is 11.8. The Morgan fingerprint density at radius 2 is 1.89 bits per heavy atom. The Kier molecular flexibility index (Phi) is 5.76. The lowest BCUT2D eigenvalue weighted by Crippen LogP contribution is -2.48. The zero-order valence-corrected chi connectivity index (χ0v) is 15.4. The molecule has 0 fully saturated rings. The molecule has 6 nitrogen and oxygen atoms in total. The molecule has 0 spiro atoms. The molecule has 0 saturated carbocycles. The number of hydrogen-bond donors (Lipinski definition) is 2. The van der Waals surface area contributed by atoms with Crippen molar-refractivity contribution in [2.45, 2.75) is 32.9 Å². The molecule has 140 valence electrons. The Hall–Kier alpha value is -3.28. The molecule has 1 atom stereocenters. The molecule has 2 aromatic carbocycles. The van der Waals surface area contributed by atoms with E-state index in [9.17, 15) is 9.59 Å². The number of hydrogen-bond acceptors (Lipinski definition) is 3. The number of hydrazine groups is 1. The molecule has 1 aromatic heterocycles. The van der Waals surface area contributed by atoms with Gasteiger partial charge in [-0.25, -0.2) is 0 Å². The first-order valence-electron chi connectivity index (χ1n) is 8.92. The summed E-state index contributed by atoms with van der Waals surface area (Å²) in [6, 6.07) is 17.3. The fraction of sp³-hybridized carbons (Fsp3) is 0.238. The minimum Gasteiger partial charge on any atom is -0.481 e. The number of nitrogens with one attached hydrogen (secondary N) is 2. The van der Waals surface area contributed by atoms with Gasteiger partial charge >= 0.3 is 0 Å². The Balaban J connectivity index is 1.54. The molecule has 3 rings (SSSR count). The molecule has 3 aromatic rings. The highest BCUT2D eigenvalue weighted by Crippen LogP contribution is 2.16. The third kappa shape index (κ3) is 4.67. The largest absolute Gasteiger partial charge is 0.481 e. The summed E-state index contributed by atoms with van der Waals surface area (Å²) < 4.78 is 7.56. The van der Waals surface area contributed by atoms with Crippen LogP contribution >= 0.6 is 0 Å². The maximum absolute atomic E-state index is 12.3. The van der Waals surface area contributed by atoms with E-state index in [1.165, 1.54) is 0 Å². The maximum atomic E-state index is 12.3. The predicted octanol–water partition coefficient (Wildman–Crippen LogP) is 2.95. The first kappa shape index (κ1) is 18.5. The number of ether oxygens (including phenoxy) is 1. The lowest BCUT2D eigenvalue weighted by molar-refractivity contribution is -0.133. The summed E-state index contributed by atoms with van der Waals surface area (Å²) in [5, 5.41) is 1.06. The van der Waals surface area contributed by atoms with Gasteiger partial charge in [-0.3, -0.25) is 20.4 Å². The van der Waals surface area contributed by atoms with E-state index in [1.54, 1.807) is 6.07 Å². The Labute approximate surface area is 158 Å². The van der Waals surface area contributed by atoms with Crippen molar-refractivity contribution in [2.24, 2.45) is 0 Å². The summed E-state index contributed by atoms with van der Waals surface area (Å²) >= 11 is 0. The van der Waals surface area contributed by atoms with Crippen LogP contribution in [-0.2, 0) is 16.1 Å². The molecule has 1 unspecified atom stereocenters. The summed E-state index contributed by atoms with van der Waals surface area (Å²) in [6.45, 7) is 3.93. The van der Waals surface area contributed by atoms with Crippen LogP contribution in [0, 0.1) is 6.92 Å². The van der Waals surface area contributed by atoms with E-state index in [2.05, 4.69) is 10.9 Å². The average Bonchev–Trinajstić information content (AvgIpc) is 3.07. The second-order valence-corrected chi connectivity index (χ2v) is 6.37. The van der Waals surface area contributed by atoms with Crippen molar-refractivity contribution in [1.82, 2.24) is 15.4 Å². The molecular weight excluding hydrogens is 342 g/mol. The number of para-hydroxylation sites is 1. The van der Waals surface area contributed by atoms with Crippen LogP contribution in [-0.4, -0.2) is 22.5 Å². The molecule has 0 aliphatic heterocycles. The van der Waals surface area contributed by atoms with Crippen LogP contribution in [0.2, 0.25) is 0 Å². The SMILES string of the molecule is CCC(Oc1cccc(C)c1)C(=O)NNC(=O)Cn1ccc2ccccc21. The van der Waals surface area contributed by atoms with E-state index in [0.717, 1.165) is 16.5 Å². The number of carbonyl (C=O) groups is 2. The first-order chi connectivity index (χ1) is 13.1. The Morgan fingerprint density at radius 3 is 2.67 bits per heavy atom. The van der Waals surface area contributed by atoms with Gasteiger partial charge in [-0.15, -0.1) is 0 Å². The van der Waals surface area contributed by atoms with Gasteiger partial charge in [0.05, 0.1) is 0 Å². The van der Waals surface area contributed by atoms with Crippen LogP contribution < -0.4 is 15.6 Å². The van der Waals surface area contributed by atoms with Gasteiger partial charge in [0.15, 0.2) is 6.10 Å². The van der Waals surface area contributed by atoms with Crippen LogP contribution in [0.4, 0.5) is 0 Å². The highest BCUT2D eigenvalue weighted by Gasteiger charge is 2.19. The van der Waals surface area contributed by atoms with Gasteiger partial charge in [0.2, 0.25) is 0 Å². The van der Waals surface area contributed by atoms with Crippen LogP contribution in [0.25, 0.3) is 10.9 Å². The summed E-state index contributed by atoms with van der Waals surface area (Å²) in [4.78, 5) is 24.5. The van der Waals surface area contributed by atoms with E-state index in [1.807, 2.05) is 73.1 Å². The molecular formula is C21H23N3O3. The van der Waals surface area contributed by atoms with Crippen LogP contribution in [0.15, 0.2) is 60.8 Å². The number of benzene rings is 2. The van der Waals surface area contributed by atoms with Crippen molar-refractivity contribution in [3.05, 3.63) is 66.4 Å². The highest BCUT2D eigenvalue weighted by atomic mass is 16.5. The number of fused-ring (bicyclic) bond motifs is 1. The standard InChI is InChI=1S/C21H23N3O3/c1-3-19(27-17-9-6-7-15(2)13-17)21(26)23-22-20(25)14-24-12-11-16-8-4-5-10-18(16)24/h4-13,19H,3,14H2,1-2H3,(H,22,25)(H,23,26). The second-order valence-electron chi connectivity index (χ2n) is 6.37. The molecule has 27 heavy (non-hydrogen) atoms. The summed E-state index contributed by atoms with van der Waals surface area (Å²) in [7, 11) is 0. The van der Waals surface area contributed by atoms with E-state index in [-0.39, 0.29) is 18.4 Å². The van der Waals surface area contributed by atoms with Gasteiger partial charge in [-0.05, 0) is 48.6 Å². The van der Waals surface area contributed by atoms with Crippen molar-refractivity contribution in [3.63, 3.8) is 0 Å². The Morgan fingerprint density at radius 1 is 1.07 bits per heavy atom. The third-order valence-corrected chi connectivity index (χ3v) is 4.25. The number of rotatable bonds is 6. The lowest BCUT2D eigenvalue weighted by atomic mass is 10.2. The van der Waals surface area contributed by atoms with Crippen molar-refractivity contribution in [1.29, 1.82) is 0 Å². The van der Waals surface area contributed by atoms with Crippen LogP contribution in [0.3, 0.4) is 0 Å². The number of amides is 2. The molecule has 0 radical (unpaired) electrons. The monoisotopic (exact) mass is 365 g/mol. The van der Waals surface area contributed by atoms with Crippen molar-refractivity contribution >= 4 is 22.7 Å². The van der Waals surface area contributed by atoms with Gasteiger partial charge in [0.25, 0.3) is 11.8 Å². The summed E-state index contributed by atoms with van der Waals surface area (Å²) in [5.74, 6) is -0.0676. The van der Waals surface area contributed by atoms with Gasteiger partial charge in [0.1, 0.15) is 12.3 Å². The lowest BCUT2D eigenvalue weighted by Gasteiger charge is -2.18. The molecule has 0 saturated heterocycles. The van der Waals surface area contributed by atoms with Crippen molar-refractivity contribution in [3.8, 4) is 5.75 Å². The molecule has 0 bridgehead atoms. The third-order valence-electron chi connectivity index (χ3n) is 4.25. The van der Waals surface area contributed by atoms with E-state index < -0.39 is 6.10 Å². The predicted molar refractivity (Wildman–Crippen MR) is 104 cm³/mol. The molecule has 0 aliphatic rings. The molecule has 2 N–H and O–H groups in total. The maximum Gasteiger partial charge on any atom is 0.279 e. The first-order valence-corrected chi connectivity index (χ1v) is 8.92. The van der Waals surface area contributed by atoms with E-state index >= 15 is 0 Å². The van der Waals surface area contributed by atoms with Crippen LogP contribution in [0.1, 0.15) is 18.9 Å². The van der Waals surface area contributed by atoms with Gasteiger partial charge in [-0.2, -0.15) is 0 Å². The smallest absolute Gasteiger partial charge is 0.279 e. The summed E-state index contributed by atoms with van der Waals surface area (Å²) in [5.41, 5.74) is 6.93. The van der Waals surface area contributed by atoms with E-state index in [4.69, 9.17) is 4.74 Å².